The first-order valence-electron chi connectivity index (χ1n) is 7.31. The van der Waals surface area contributed by atoms with E-state index in [0.29, 0.717) is 30.2 Å². The summed E-state index contributed by atoms with van der Waals surface area (Å²) in [6.07, 6.45) is 3.87. The van der Waals surface area contributed by atoms with Crippen LogP contribution in [-0.4, -0.2) is 27.6 Å². The van der Waals surface area contributed by atoms with Crippen molar-refractivity contribution < 1.29 is 9.53 Å². The van der Waals surface area contributed by atoms with Crippen LogP contribution in [0.2, 0.25) is 0 Å². The van der Waals surface area contributed by atoms with Gasteiger partial charge in [-0.1, -0.05) is 12.1 Å². The standard InChI is InChI=1S/C17H17N3O2S/c21-17(18-7-9-23)13-4-3-5-15(10-13)22-12-14-11-20-8-2-1-6-16(20)19-14/h1-6,8,10-11,23H,7,9,12H2,(H,18,21). The van der Waals surface area contributed by atoms with E-state index in [1.807, 2.05) is 41.1 Å². The molecule has 0 aliphatic rings. The fourth-order valence-corrected chi connectivity index (χ4v) is 2.32. The minimum atomic E-state index is -0.128. The Bertz CT molecular complexity index is 783. The molecule has 0 aliphatic heterocycles. The summed E-state index contributed by atoms with van der Waals surface area (Å²) in [5.41, 5.74) is 2.28. The summed E-state index contributed by atoms with van der Waals surface area (Å²) in [5, 5.41) is 2.78. The molecule has 2 aromatic heterocycles. The SMILES string of the molecule is O=C(NCCS)c1cccc(OCc2cn3ccccc3n2)c1. The van der Waals surface area contributed by atoms with Gasteiger partial charge in [-0.05, 0) is 30.3 Å². The zero-order valence-electron chi connectivity index (χ0n) is 12.5. The third-order valence-electron chi connectivity index (χ3n) is 3.29. The number of carbonyl (C=O) groups excluding carboxylic acids is 1. The lowest BCUT2D eigenvalue weighted by molar-refractivity contribution is 0.0955. The summed E-state index contributed by atoms with van der Waals surface area (Å²) in [7, 11) is 0. The van der Waals surface area contributed by atoms with Gasteiger partial charge in [0, 0.05) is 30.3 Å². The molecule has 1 aromatic carbocycles. The lowest BCUT2D eigenvalue weighted by atomic mass is 10.2. The summed E-state index contributed by atoms with van der Waals surface area (Å²) in [5.74, 6) is 1.12. The van der Waals surface area contributed by atoms with E-state index in [4.69, 9.17) is 4.74 Å². The van der Waals surface area contributed by atoms with E-state index in [1.165, 1.54) is 0 Å². The van der Waals surface area contributed by atoms with E-state index in [0.717, 1.165) is 11.3 Å². The van der Waals surface area contributed by atoms with E-state index in [9.17, 15) is 4.79 Å². The van der Waals surface area contributed by atoms with Crippen LogP contribution in [0.5, 0.6) is 5.75 Å². The average Bonchev–Trinajstić information content (AvgIpc) is 3.01. The van der Waals surface area contributed by atoms with Gasteiger partial charge in [0.2, 0.25) is 0 Å². The minimum absolute atomic E-state index is 0.128. The second-order valence-corrected chi connectivity index (χ2v) is 5.44. The highest BCUT2D eigenvalue weighted by atomic mass is 32.1. The number of fused-ring (bicyclic) bond motifs is 1. The number of amides is 1. The fraction of sp³-hybridized carbons (Fsp3) is 0.176. The molecule has 0 spiro atoms. The van der Waals surface area contributed by atoms with E-state index in [2.05, 4.69) is 22.9 Å². The molecule has 1 amide bonds. The van der Waals surface area contributed by atoms with Crippen LogP contribution in [-0.2, 0) is 6.61 Å². The maximum atomic E-state index is 11.9. The first-order valence-corrected chi connectivity index (χ1v) is 7.94. The largest absolute Gasteiger partial charge is 0.487 e. The van der Waals surface area contributed by atoms with E-state index in [-0.39, 0.29) is 5.91 Å². The lowest BCUT2D eigenvalue weighted by Crippen LogP contribution is -2.25. The van der Waals surface area contributed by atoms with Gasteiger partial charge < -0.3 is 14.5 Å². The van der Waals surface area contributed by atoms with Gasteiger partial charge in [0.15, 0.2) is 0 Å². The van der Waals surface area contributed by atoms with Crippen LogP contribution in [0, 0.1) is 0 Å². The van der Waals surface area contributed by atoms with Crippen LogP contribution in [0.25, 0.3) is 5.65 Å². The lowest BCUT2D eigenvalue weighted by Gasteiger charge is -2.07. The topological polar surface area (TPSA) is 55.6 Å². The monoisotopic (exact) mass is 327 g/mol. The molecule has 0 fully saturated rings. The number of nitrogens with zero attached hydrogens (tertiary/aromatic N) is 2. The fourth-order valence-electron chi connectivity index (χ4n) is 2.21. The maximum Gasteiger partial charge on any atom is 0.251 e. The zero-order valence-corrected chi connectivity index (χ0v) is 13.4. The van der Waals surface area contributed by atoms with E-state index in [1.54, 1.807) is 18.2 Å². The highest BCUT2D eigenvalue weighted by Gasteiger charge is 2.07. The summed E-state index contributed by atoms with van der Waals surface area (Å²) < 4.78 is 7.69. The second kappa shape index (κ2) is 7.19. The van der Waals surface area contributed by atoms with Crippen molar-refractivity contribution >= 4 is 24.2 Å². The predicted octanol–water partition coefficient (Wildman–Crippen LogP) is 2.57. The number of nitrogens with one attached hydrogen (secondary N) is 1. The van der Waals surface area contributed by atoms with Crippen LogP contribution in [0.1, 0.15) is 16.1 Å². The average molecular weight is 327 g/mol. The molecular weight excluding hydrogens is 310 g/mol. The van der Waals surface area contributed by atoms with Crippen molar-refractivity contribution in [2.45, 2.75) is 6.61 Å². The molecule has 0 atom stereocenters. The van der Waals surface area contributed by atoms with Crippen molar-refractivity contribution in [3.8, 4) is 5.75 Å². The van der Waals surface area contributed by atoms with Crippen molar-refractivity contribution in [3.05, 3.63) is 66.1 Å². The van der Waals surface area contributed by atoms with Gasteiger partial charge in [-0.3, -0.25) is 4.79 Å². The van der Waals surface area contributed by atoms with Gasteiger partial charge in [-0.25, -0.2) is 4.98 Å². The second-order valence-electron chi connectivity index (χ2n) is 4.99. The molecule has 0 aliphatic carbocycles. The third-order valence-corrected chi connectivity index (χ3v) is 3.52. The molecule has 0 saturated heterocycles. The number of imidazole rings is 1. The maximum absolute atomic E-state index is 11.9. The minimum Gasteiger partial charge on any atom is -0.487 e. The number of rotatable bonds is 6. The Morgan fingerprint density at radius 1 is 1.26 bits per heavy atom. The van der Waals surface area contributed by atoms with E-state index >= 15 is 0 Å². The summed E-state index contributed by atoms with van der Waals surface area (Å²) in [6.45, 7) is 0.887. The van der Waals surface area contributed by atoms with Crippen LogP contribution >= 0.6 is 12.6 Å². The Morgan fingerprint density at radius 2 is 2.17 bits per heavy atom. The van der Waals surface area contributed by atoms with Crippen molar-refractivity contribution in [2.75, 3.05) is 12.3 Å². The Kier molecular flexibility index (Phi) is 4.83. The summed E-state index contributed by atoms with van der Waals surface area (Å²) >= 11 is 4.07. The van der Waals surface area contributed by atoms with Crippen LogP contribution < -0.4 is 10.1 Å². The van der Waals surface area contributed by atoms with Gasteiger partial charge >= 0.3 is 0 Å². The number of hydrogen-bond acceptors (Lipinski definition) is 4. The van der Waals surface area contributed by atoms with Gasteiger partial charge in [0.1, 0.15) is 18.0 Å². The Morgan fingerprint density at radius 3 is 3.00 bits per heavy atom. The number of aromatic nitrogens is 2. The number of ether oxygens (including phenoxy) is 1. The summed E-state index contributed by atoms with van der Waals surface area (Å²) in [4.78, 5) is 16.4. The molecule has 5 nitrogen and oxygen atoms in total. The first kappa shape index (κ1) is 15.4. The van der Waals surface area contributed by atoms with Crippen molar-refractivity contribution in [2.24, 2.45) is 0 Å². The summed E-state index contributed by atoms with van der Waals surface area (Å²) in [6, 6.07) is 12.9. The Labute approximate surface area is 139 Å². The smallest absolute Gasteiger partial charge is 0.251 e. The van der Waals surface area contributed by atoms with Gasteiger partial charge in [0.05, 0.1) is 5.69 Å². The predicted molar refractivity (Wildman–Crippen MR) is 92.2 cm³/mol. The normalized spacial score (nSPS) is 10.7. The molecule has 0 unspecified atom stereocenters. The molecule has 3 aromatic rings. The number of carbonyl (C=O) groups is 1. The molecule has 6 heteroatoms. The number of pyridine rings is 1. The molecule has 1 N–H and O–H groups in total. The van der Waals surface area contributed by atoms with E-state index < -0.39 is 0 Å². The van der Waals surface area contributed by atoms with Gasteiger partial charge in [0.25, 0.3) is 5.91 Å². The molecule has 118 valence electrons. The molecule has 3 rings (SSSR count). The number of thiol groups is 1. The molecule has 0 saturated carbocycles. The molecule has 0 bridgehead atoms. The number of benzene rings is 1. The number of hydrogen-bond donors (Lipinski definition) is 2. The zero-order chi connectivity index (χ0) is 16.1. The highest BCUT2D eigenvalue weighted by molar-refractivity contribution is 7.80. The van der Waals surface area contributed by atoms with Gasteiger partial charge in [-0.15, -0.1) is 0 Å². The molecule has 23 heavy (non-hydrogen) atoms. The first-order chi connectivity index (χ1) is 11.3. The molecule has 2 heterocycles. The quantitative estimate of drug-likeness (QED) is 0.684. The van der Waals surface area contributed by atoms with Crippen LogP contribution in [0.3, 0.4) is 0 Å². The Balaban J connectivity index is 1.67. The van der Waals surface area contributed by atoms with Crippen molar-refractivity contribution in [1.29, 1.82) is 0 Å². The van der Waals surface area contributed by atoms with Gasteiger partial charge in [-0.2, -0.15) is 12.6 Å². The molecule has 0 radical (unpaired) electrons. The Hall–Kier alpha value is -2.47. The van der Waals surface area contributed by atoms with Crippen molar-refractivity contribution in [3.63, 3.8) is 0 Å². The van der Waals surface area contributed by atoms with Crippen LogP contribution in [0.15, 0.2) is 54.9 Å². The third kappa shape index (κ3) is 3.84. The van der Waals surface area contributed by atoms with Crippen molar-refractivity contribution in [1.82, 2.24) is 14.7 Å². The van der Waals surface area contributed by atoms with Crippen LogP contribution in [0.4, 0.5) is 0 Å². The highest BCUT2D eigenvalue weighted by Crippen LogP contribution is 2.15. The molecular formula is C17H17N3O2S.